The van der Waals surface area contributed by atoms with Crippen molar-refractivity contribution in [3.05, 3.63) is 217 Å². The number of aromatic nitrogens is 1. The van der Waals surface area contributed by atoms with Gasteiger partial charge in [-0.2, -0.15) is 0 Å². The molecule has 4 nitrogen and oxygen atoms in total. The molecule has 0 radical (unpaired) electrons. The molecular weight excluding hydrogens is 695 g/mol. The molecule has 3 heterocycles. The van der Waals surface area contributed by atoms with E-state index in [2.05, 4.69) is 168 Å². The van der Waals surface area contributed by atoms with Crippen molar-refractivity contribution < 1.29 is 4.42 Å². The predicted molar refractivity (Wildman–Crippen MR) is 237 cm³/mol. The Morgan fingerprint density at radius 1 is 0.421 bits per heavy atom. The van der Waals surface area contributed by atoms with Crippen LogP contribution in [0.3, 0.4) is 0 Å². The fourth-order valence-corrected chi connectivity index (χ4v) is 8.32. The van der Waals surface area contributed by atoms with E-state index in [1.807, 2.05) is 36.4 Å². The molecule has 0 N–H and O–H groups in total. The first-order valence-corrected chi connectivity index (χ1v) is 19.4. The Kier molecular flexibility index (Phi) is 7.85. The first-order valence-electron chi connectivity index (χ1n) is 19.4. The van der Waals surface area contributed by atoms with E-state index in [1.54, 1.807) is 0 Å². The molecule has 11 rings (SSSR count). The minimum Gasteiger partial charge on any atom is -0.455 e. The van der Waals surface area contributed by atoms with Gasteiger partial charge in [0.1, 0.15) is 11.2 Å². The van der Waals surface area contributed by atoms with Crippen molar-refractivity contribution in [1.82, 2.24) is 4.57 Å². The van der Waals surface area contributed by atoms with Crippen molar-refractivity contribution in [3.8, 4) is 27.9 Å². The van der Waals surface area contributed by atoms with E-state index in [1.165, 1.54) is 16.3 Å². The zero-order valence-corrected chi connectivity index (χ0v) is 31.0. The summed E-state index contributed by atoms with van der Waals surface area (Å²) in [6.45, 7) is 0. The SMILES string of the molecule is C1=C(c2cccc(-c3ccccc3)c2)N=C(c2ccccc2)N=C(c2ccc(-n3c4ccccc4c4cc(-c5cccc6c5oc5ccccc56)ccc43)cc2)C1. The summed E-state index contributed by atoms with van der Waals surface area (Å²) in [5.74, 6) is 0.708. The fraction of sp³-hybridized carbons (Fsp3) is 0.0189. The zero-order chi connectivity index (χ0) is 37.7. The number of rotatable bonds is 6. The van der Waals surface area contributed by atoms with Crippen molar-refractivity contribution in [2.75, 3.05) is 0 Å². The smallest absolute Gasteiger partial charge is 0.160 e. The van der Waals surface area contributed by atoms with Crippen molar-refractivity contribution >= 4 is 61.0 Å². The molecular formula is C53H35N3O. The van der Waals surface area contributed by atoms with E-state index in [9.17, 15) is 0 Å². The second-order valence-corrected chi connectivity index (χ2v) is 14.5. The van der Waals surface area contributed by atoms with Crippen LogP contribution in [0.1, 0.15) is 23.1 Å². The molecule has 0 amide bonds. The van der Waals surface area contributed by atoms with Crippen molar-refractivity contribution in [3.63, 3.8) is 0 Å². The maximum atomic E-state index is 6.44. The van der Waals surface area contributed by atoms with Crippen LogP contribution in [-0.4, -0.2) is 16.1 Å². The molecule has 0 spiro atoms. The molecule has 268 valence electrons. The number of nitrogens with zero attached hydrogens (tertiary/aromatic N) is 3. The fourth-order valence-electron chi connectivity index (χ4n) is 8.32. The Hall–Kier alpha value is -7.56. The van der Waals surface area contributed by atoms with Crippen LogP contribution in [0.4, 0.5) is 0 Å². The van der Waals surface area contributed by atoms with E-state index >= 15 is 0 Å². The average molecular weight is 730 g/mol. The van der Waals surface area contributed by atoms with Gasteiger partial charge in [-0.1, -0.05) is 158 Å². The van der Waals surface area contributed by atoms with Crippen LogP contribution in [0.2, 0.25) is 0 Å². The molecule has 1 aliphatic heterocycles. The highest BCUT2D eigenvalue weighted by molar-refractivity contribution is 6.16. The topological polar surface area (TPSA) is 42.8 Å². The number of hydrogen-bond donors (Lipinski definition) is 0. The third-order valence-corrected chi connectivity index (χ3v) is 11.1. The number of fused-ring (bicyclic) bond motifs is 6. The Morgan fingerprint density at radius 2 is 1.07 bits per heavy atom. The lowest BCUT2D eigenvalue weighted by atomic mass is 10.0. The Bertz CT molecular complexity index is 3240. The van der Waals surface area contributed by atoms with Crippen LogP contribution in [0, 0.1) is 0 Å². The molecule has 57 heavy (non-hydrogen) atoms. The average Bonchev–Trinajstić information content (AvgIpc) is 3.73. The van der Waals surface area contributed by atoms with Gasteiger partial charge in [0.05, 0.1) is 22.4 Å². The molecule has 1 aliphatic rings. The molecule has 8 aromatic carbocycles. The van der Waals surface area contributed by atoms with Crippen LogP contribution in [-0.2, 0) is 0 Å². The van der Waals surface area contributed by atoms with Gasteiger partial charge in [0, 0.05) is 50.3 Å². The number of para-hydroxylation sites is 3. The van der Waals surface area contributed by atoms with Gasteiger partial charge in [-0.3, -0.25) is 0 Å². The van der Waals surface area contributed by atoms with Crippen molar-refractivity contribution in [2.24, 2.45) is 9.98 Å². The van der Waals surface area contributed by atoms with Gasteiger partial charge in [0.2, 0.25) is 0 Å². The van der Waals surface area contributed by atoms with Crippen LogP contribution in [0.15, 0.2) is 215 Å². The molecule has 2 aromatic heterocycles. The number of amidine groups is 1. The van der Waals surface area contributed by atoms with Gasteiger partial charge in [-0.05, 0) is 64.7 Å². The third kappa shape index (κ3) is 5.78. The maximum absolute atomic E-state index is 6.44. The number of aliphatic imine (C=N–C) groups is 2. The predicted octanol–water partition coefficient (Wildman–Crippen LogP) is 13.7. The van der Waals surface area contributed by atoms with Crippen LogP contribution in [0.25, 0.3) is 77.4 Å². The molecule has 0 saturated heterocycles. The van der Waals surface area contributed by atoms with E-state index in [0.717, 1.165) is 83.4 Å². The highest BCUT2D eigenvalue weighted by atomic mass is 16.3. The molecule has 0 bridgehead atoms. The van der Waals surface area contributed by atoms with Gasteiger partial charge < -0.3 is 8.98 Å². The zero-order valence-electron chi connectivity index (χ0n) is 31.0. The molecule has 4 heteroatoms. The largest absolute Gasteiger partial charge is 0.455 e. The minimum absolute atomic E-state index is 0.653. The molecule has 0 fully saturated rings. The Balaban J connectivity index is 0.974. The number of hydrogen-bond acceptors (Lipinski definition) is 3. The number of allylic oxidation sites excluding steroid dienone is 1. The monoisotopic (exact) mass is 729 g/mol. The van der Waals surface area contributed by atoms with Gasteiger partial charge in [0.25, 0.3) is 0 Å². The van der Waals surface area contributed by atoms with Crippen LogP contribution < -0.4 is 0 Å². The van der Waals surface area contributed by atoms with E-state index in [0.29, 0.717) is 12.3 Å². The highest BCUT2D eigenvalue weighted by Crippen LogP contribution is 2.39. The normalized spacial score (nSPS) is 13.2. The molecule has 0 unspecified atom stereocenters. The van der Waals surface area contributed by atoms with Crippen LogP contribution in [0.5, 0.6) is 0 Å². The van der Waals surface area contributed by atoms with E-state index < -0.39 is 0 Å². The minimum atomic E-state index is 0.653. The molecule has 0 atom stereocenters. The van der Waals surface area contributed by atoms with Gasteiger partial charge in [0.15, 0.2) is 5.84 Å². The summed E-state index contributed by atoms with van der Waals surface area (Å²) < 4.78 is 8.80. The number of furan rings is 1. The van der Waals surface area contributed by atoms with Crippen molar-refractivity contribution in [2.45, 2.75) is 6.42 Å². The second kappa shape index (κ2) is 13.6. The molecule has 10 aromatic rings. The summed E-state index contributed by atoms with van der Waals surface area (Å²) in [5, 5.41) is 4.68. The van der Waals surface area contributed by atoms with Gasteiger partial charge in [-0.15, -0.1) is 0 Å². The van der Waals surface area contributed by atoms with Gasteiger partial charge >= 0.3 is 0 Å². The third-order valence-electron chi connectivity index (χ3n) is 11.1. The van der Waals surface area contributed by atoms with Gasteiger partial charge in [-0.25, -0.2) is 9.98 Å². The van der Waals surface area contributed by atoms with Crippen LogP contribution >= 0.6 is 0 Å². The summed E-state index contributed by atoms with van der Waals surface area (Å²) in [6.07, 6.45) is 2.86. The first-order chi connectivity index (χ1) is 28.2. The Labute approximate surface area is 330 Å². The maximum Gasteiger partial charge on any atom is 0.160 e. The lowest BCUT2D eigenvalue weighted by molar-refractivity contribution is 0.670. The Morgan fingerprint density at radius 3 is 1.91 bits per heavy atom. The highest BCUT2D eigenvalue weighted by Gasteiger charge is 2.18. The summed E-state index contributed by atoms with van der Waals surface area (Å²) in [5.41, 5.74) is 14.8. The summed E-state index contributed by atoms with van der Waals surface area (Å²) in [6, 6.07) is 68.4. The summed E-state index contributed by atoms with van der Waals surface area (Å²) in [7, 11) is 0. The lowest BCUT2D eigenvalue weighted by Crippen LogP contribution is -2.05. The molecule has 0 saturated carbocycles. The van der Waals surface area contributed by atoms with E-state index in [4.69, 9.17) is 14.4 Å². The second-order valence-electron chi connectivity index (χ2n) is 14.5. The first kappa shape index (κ1) is 32.8. The number of benzene rings is 8. The molecule has 0 aliphatic carbocycles. The van der Waals surface area contributed by atoms with Crippen molar-refractivity contribution in [1.29, 1.82) is 0 Å². The lowest BCUT2D eigenvalue weighted by Gasteiger charge is -2.11. The quantitative estimate of drug-likeness (QED) is 0.168. The summed E-state index contributed by atoms with van der Waals surface area (Å²) >= 11 is 0. The van der Waals surface area contributed by atoms with E-state index in [-0.39, 0.29) is 0 Å². The summed E-state index contributed by atoms with van der Waals surface area (Å²) in [4.78, 5) is 10.4. The standard InChI is InChI=1S/C53H35N3O/c1-3-13-35(14-4-1)38-17-11-18-40(33-38)48-31-30-47(54-53(55-48)37-15-5-2-6-16-37)36-25-28-41(29-26-36)56-49-23-9-7-19-43(49)46-34-39(27-32-50(46)56)42-21-12-22-45-44-20-8-10-24-51(44)57-52(42)45/h1-29,31-34H,30H2.